The summed E-state index contributed by atoms with van der Waals surface area (Å²) < 4.78 is 0. The highest BCUT2D eigenvalue weighted by atomic mass is 14.8. The second-order valence-corrected chi connectivity index (χ2v) is 4.86. The van der Waals surface area contributed by atoms with E-state index in [1.165, 1.54) is 10.9 Å². The molecule has 0 bridgehead atoms. The maximum Gasteiger partial charge on any atom is 0.0712 e. The molecular weight excluding hydrogens is 244 g/mol. The molecule has 0 aliphatic heterocycles. The molecule has 0 saturated heterocycles. The van der Waals surface area contributed by atoms with Crippen molar-refractivity contribution in [2.45, 2.75) is 13.3 Å². The predicted molar refractivity (Wildman–Crippen MR) is 86.1 cm³/mol. The smallest absolute Gasteiger partial charge is 0.0712 e. The summed E-state index contributed by atoms with van der Waals surface area (Å²) in [6, 6.07) is 18.9. The summed E-state index contributed by atoms with van der Waals surface area (Å²) in [6.07, 6.45) is 1.02. The number of nitrogens with zero attached hydrogens (tertiary/aromatic N) is 1. The zero-order chi connectivity index (χ0) is 13.9. The van der Waals surface area contributed by atoms with Crippen LogP contribution < -0.4 is 5.32 Å². The average Bonchev–Trinajstić information content (AvgIpc) is 2.54. The number of fused-ring (bicyclic) bond motifs is 1. The summed E-state index contributed by atoms with van der Waals surface area (Å²) in [5, 5.41) is 4.39. The fourth-order valence-electron chi connectivity index (χ4n) is 2.50. The number of anilines is 1. The minimum Gasteiger partial charge on any atom is -0.388 e. The first-order chi connectivity index (χ1) is 9.81. The van der Waals surface area contributed by atoms with Gasteiger partial charge in [0.05, 0.1) is 11.2 Å². The summed E-state index contributed by atoms with van der Waals surface area (Å²) in [5.41, 5.74) is 5.74. The van der Waals surface area contributed by atoms with Gasteiger partial charge < -0.3 is 5.32 Å². The van der Waals surface area contributed by atoms with Crippen LogP contribution >= 0.6 is 0 Å². The molecule has 0 amide bonds. The Morgan fingerprint density at radius 2 is 1.75 bits per heavy atom. The summed E-state index contributed by atoms with van der Waals surface area (Å²) in [4.78, 5) is 4.79. The van der Waals surface area contributed by atoms with Crippen LogP contribution in [0.4, 0.5) is 5.69 Å². The van der Waals surface area contributed by atoms with Crippen LogP contribution in [0.3, 0.4) is 0 Å². The number of hydrogen-bond donors (Lipinski definition) is 1. The molecule has 1 aromatic heterocycles. The van der Waals surface area contributed by atoms with Crippen LogP contribution in [0.25, 0.3) is 22.2 Å². The minimum absolute atomic E-state index is 1.02. The normalized spacial score (nSPS) is 10.7. The zero-order valence-corrected chi connectivity index (χ0v) is 11.9. The van der Waals surface area contributed by atoms with Gasteiger partial charge in [0.1, 0.15) is 0 Å². The molecule has 0 aliphatic carbocycles. The van der Waals surface area contributed by atoms with Crippen LogP contribution in [-0.4, -0.2) is 12.0 Å². The number of para-hydroxylation sites is 1. The lowest BCUT2D eigenvalue weighted by atomic mass is 10.0. The Labute approximate surface area is 119 Å². The molecule has 2 heteroatoms. The molecule has 3 rings (SSSR count). The van der Waals surface area contributed by atoms with Crippen molar-refractivity contribution in [1.82, 2.24) is 4.98 Å². The highest BCUT2D eigenvalue weighted by Crippen LogP contribution is 2.26. The van der Waals surface area contributed by atoms with E-state index < -0.39 is 0 Å². The Balaban J connectivity index is 2.15. The SMILES string of the molecule is CCc1cc(-c2ccc(NC)cc2)nc2ccccc12. The van der Waals surface area contributed by atoms with Crippen LogP contribution in [0.15, 0.2) is 54.6 Å². The molecular formula is C18H18N2. The number of rotatable bonds is 3. The Hall–Kier alpha value is -2.35. The van der Waals surface area contributed by atoms with Crippen LogP contribution in [-0.2, 0) is 6.42 Å². The van der Waals surface area contributed by atoms with Gasteiger partial charge in [-0.1, -0.05) is 37.3 Å². The monoisotopic (exact) mass is 262 g/mol. The van der Waals surface area contributed by atoms with Gasteiger partial charge in [-0.05, 0) is 36.2 Å². The maximum atomic E-state index is 4.79. The number of aromatic nitrogens is 1. The van der Waals surface area contributed by atoms with Gasteiger partial charge in [0, 0.05) is 23.7 Å². The van der Waals surface area contributed by atoms with Gasteiger partial charge in [-0.2, -0.15) is 0 Å². The van der Waals surface area contributed by atoms with Crippen molar-refractivity contribution in [2.24, 2.45) is 0 Å². The molecule has 1 heterocycles. The van der Waals surface area contributed by atoms with E-state index in [1.807, 2.05) is 13.1 Å². The quantitative estimate of drug-likeness (QED) is 0.751. The van der Waals surface area contributed by atoms with Crippen LogP contribution in [0.1, 0.15) is 12.5 Å². The molecule has 3 aromatic rings. The van der Waals surface area contributed by atoms with Crippen LogP contribution in [0, 0.1) is 0 Å². The van der Waals surface area contributed by atoms with Crippen LogP contribution in [0.2, 0.25) is 0 Å². The van der Waals surface area contributed by atoms with E-state index in [9.17, 15) is 0 Å². The van der Waals surface area contributed by atoms with E-state index in [0.29, 0.717) is 0 Å². The number of aryl methyl sites for hydroxylation is 1. The zero-order valence-electron chi connectivity index (χ0n) is 11.9. The molecule has 0 unspecified atom stereocenters. The summed E-state index contributed by atoms with van der Waals surface area (Å²) in [5.74, 6) is 0. The second-order valence-electron chi connectivity index (χ2n) is 4.86. The summed E-state index contributed by atoms with van der Waals surface area (Å²) in [6.45, 7) is 2.19. The second kappa shape index (κ2) is 5.33. The summed E-state index contributed by atoms with van der Waals surface area (Å²) in [7, 11) is 1.93. The largest absolute Gasteiger partial charge is 0.388 e. The third kappa shape index (κ3) is 2.25. The number of hydrogen-bond acceptors (Lipinski definition) is 2. The lowest BCUT2D eigenvalue weighted by Crippen LogP contribution is -1.92. The topological polar surface area (TPSA) is 24.9 Å². The lowest BCUT2D eigenvalue weighted by Gasteiger charge is -2.09. The van der Waals surface area contributed by atoms with Crippen molar-refractivity contribution in [2.75, 3.05) is 12.4 Å². The van der Waals surface area contributed by atoms with Crippen molar-refractivity contribution in [3.8, 4) is 11.3 Å². The predicted octanol–water partition coefficient (Wildman–Crippen LogP) is 4.51. The van der Waals surface area contributed by atoms with E-state index in [4.69, 9.17) is 4.98 Å². The van der Waals surface area contributed by atoms with Crippen molar-refractivity contribution in [3.63, 3.8) is 0 Å². The van der Waals surface area contributed by atoms with Crippen molar-refractivity contribution in [3.05, 3.63) is 60.2 Å². The molecule has 0 atom stereocenters. The van der Waals surface area contributed by atoms with Gasteiger partial charge in [-0.25, -0.2) is 4.98 Å². The standard InChI is InChI=1S/C18H18N2/c1-3-13-12-18(14-8-10-15(19-2)11-9-14)20-17-7-5-4-6-16(13)17/h4-12,19H,3H2,1-2H3. The number of pyridine rings is 1. The molecule has 20 heavy (non-hydrogen) atoms. The first-order valence-corrected chi connectivity index (χ1v) is 6.98. The van der Waals surface area contributed by atoms with E-state index in [-0.39, 0.29) is 0 Å². The lowest BCUT2D eigenvalue weighted by molar-refractivity contribution is 1.15. The Morgan fingerprint density at radius 1 is 1.00 bits per heavy atom. The fourth-order valence-corrected chi connectivity index (χ4v) is 2.50. The van der Waals surface area contributed by atoms with E-state index in [1.54, 1.807) is 0 Å². The molecule has 0 radical (unpaired) electrons. The fraction of sp³-hybridized carbons (Fsp3) is 0.167. The van der Waals surface area contributed by atoms with E-state index in [0.717, 1.165) is 28.9 Å². The van der Waals surface area contributed by atoms with Crippen molar-refractivity contribution >= 4 is 16.6 Å². The molecule has 2 nitrogen and oxygen atoms in total. The average molecular weight is 262 g/mol. The molecule has 100 valence electrons. The third-order valence-electron chi connectivity index (χ3n) is 3.65. The molecule has 1 N–H and O–H groups in total. The Kier molecular flexibility index (Phi) is 3.38. The van der Waals surface area contributed by atoms with Crippen molar-refractivity contribution < 1.29 is 0 Å². The molecule has 0 aliphatic rings. The third-order valence-corrected chi connectivity index (χ3v) is 3.65. The van der Waals surface area contributed by atoms with Crippen molar-refractivity contribution in [1.29, 1.82) is 0 Å². The van der Waals surface area contributed by atoms with Gasteiger partial charge in [0.15, 0.2) is 0 Å². The Morgan fingerprint density at radius 3 is 2.45 bits per heavy atom. The molecule has 0 fully saturated rings. The molecule has 0 saturated carbocycles. The first kappa shape index (κ1) is 12.7. The highest BCUT2D eigenvalue weighted by molar-refractivity contribution is 5.85. The number of nitrogens with one attached hydrogen (secondary N) is 1. The van der Waals surface area contributed by atoms with E-state index in [2.05, 4.69) is 60.8 Å². The number of benzene rings is 2. The maximum absolute atomic E-state index is 4.79. The Bertz CT molecular complexity index is 730. The van der Waals surface area contributed by atoms with Gasteiger partial charge in [-0.15, -0.1) is 0 Å². The van der Waals surface area contributed by atoms with Crippen LogP contribution in [0.5, 0.6) is 0 Å². The minimum atomic E-state index is 1.02. The molecule has 0 spiro atoms. The highest BCUT2D eigenvalue weighted by Gasteiger charge is 2.06. The molecule has 2 aromatic carbocycles. The first-order valence-electron chi connectivity index (χ1n) is 6.98. The summed E-state index contributed by atoms with van der Waals surface area (Å²) >= 11 is 0. The van der Waals surface area contributed by atoms with Gasteiger partial charge >= 0.3 is 0 Å². The van der Waals surface area contributed by atoms with Gasteiger partial charge in [0.25, 0.3) is 0 Å². The van der Waals surface area contributed by atoms with E-state index >= 15 is 0 Å². The van der Waals surface area contributed by atoms with Gasteiger partial charge in [-0.3, -0.25) is 0 Å². The van der Waals surface area contributed by atoms with Gasteiger partial charge in [0.2, 0.25) is 0 Å².